The molecule has 0 saturated heterocycles. The average molecular weight is 401 g/mol. The average Bonchev–Trinajstić information content (AvgIpc) is 3.26. The molecule has 9 heteroatoms. The van der Waals surface area contributed by atoms with Gasteiger partial charge < -0.3 is 25.0 Å². The van der Waals surface area contributed by atoms with Crippen molar-refractivity contribution in [3.8, 4) is 5.88 Å². The first-order chi connectivity index (χ1) is 14.1. The summed E-state index contributed by atoms with van der Waals surface area (Å²) in [5.74, 6) is -0.155. The molecule has 156 valence electrons. The standard InChI is InChI=1S/C20H27N5O4/c1-29-18-6-4-15(12-23-18)20(28)24-16-5-3-14(11-17(16)26)19(27)22-7-2-9-25-10-8-21-13-25/h4,6,8,10,12-14,16-17,26H,2-3,5,7,9,11H2,1H3,(H,22,27)(H,24,28). The lowest BCUT2D eigenvalue weighted by atomic mass is 9.83. The van der Waals surface area contributed by atoms with Crippen molar-refractivity contribution in [1.82, 2.24) is 25.2 Å². The first-order valence-electron chi connectivity index (χ1n) is 9.79. The van der Waals surface area contributed by atoms with E-state index in [-0.39, 0.29) is 23.8 Å². The number of aromatic nitrogens is 3. The molecule has 2 aromatic rings. The molecule has 2 amide bonds. The lowest BCUT2D eigenvalue weighted by Crippen LogP contribution is -2.49. The Hall–Kier alpha value is -2.94. The second kappa shape index (κ2) is 10.0. The summed E-state index contributed by atoms with van der Waals surface area (Å²) in [5, 5.41) is 16.2. The van der Waals surface area contributed by atoms with E-state index >= 15 is 0 Å². The van der Waals surface area contributed by atoms with Gasteiger partial charge in [0.2, 0.25) is 11.8 Å². The Morgan fingerprint density at radius 2 is 2.21 bits per heavy atom. The van der Waals surface area contributed by atoms with E-state index in [0.717, 1.165) is 13.0 Å². The van der Waals surface area contributed by atoms with Crippen molar-refractivity contribution in [3.63, 3.8) is 0 Å². The van der Waals surface area contributed by atoms with Crippen LogP contribution in [0.1, 0.15) is 36.0 Å². The normalized spacial score (nSPS) is 21.4. The minimum atomic E-state index is -0.763. The van der Waals surface area contributed by atoms with Crippen molar-refractivity contribution in [3.05, 3.63) is 42.6 Å². The second-order valence-corrected chi connectivity index (χ2v) is 7.19. The number of carbonyl (C=O) groups excluding carboxylic acids is 2. The maximum Gasteiger partial charge on any atom is 0.253 e. The van der Waals surface area contributed by atoms with Crippen LogP contribution in [0, 0.1) is 5.92 Å². The van der Waals surface area contributed by atoms with Crippen molar-refractivity contribution < 1.29 is 19.4 Å². The Labute approximate surface area is 169 Å². The Kier molecular flexibility index (Phi) is 7.18. The number of hydrogen-bond donors (Lipinski definition) is 3. The van der Waals surface area contributed by atoms with E-state index in [2.05, 4.69) is 20.6 Å². The van der Waals surface area contributed by atoms with Gasteiger partial charge >= 0.3 is 0 Å². The number of aliphatic hydroxyl groups excluding tert-OH is 1. The van der Waals surface area contributed by atoms with E-state index in [1.807, 2.05) is 10.8 Å². The van der Waals surface area contributed by atoms with E-state index in [9.17, 15) is 14.7 Å². The highest BCUT2D eigenvalue weighted by atomic mass is 16.5. The van der Waals surface area contributed by atoms with Gasteiger partial charge in [0.1, 0.15) is 0 Å². The lowest BCUT2D eigenvalue weighted by molar-refractivity contribution is -0.127. The lowest BCUT2D eigenvalue weighted by Gasteiger charge is -2.33. The van der Waals surface area contributed by atoms with Crippen molar-refractivity contribution >= 4 is 11.8 Å². The number of nitrogens with zero attached hydrogens (tertiary/aromatic N) is 3. The predicted octanol–water partition coefficient (Wildman–Crippen LogP) is 0.753. The van der Waals surface area contributed by atoms with Crippen LogP contribution in [0.2, 0.25) is 0 Å². The Morgan fingerprint density at radius 1 is 1.34 bits per heavy atom. The van der Waals surface area contributed by atoms with E-state index in [0.29, 0.717) is 37.3 Å². The molecular formula is C20H27N5O4. The van der Waals surface area contributed by atoms with Crippen molar-refractivity contribution in [1.29, 1.82) is 0 Å². The molecule has 1 aliphatic carbocycles. The molecule has 2 heterocycles. The maximum absolute atomic E-state index is 12.4. The monoisotopic (exact) mass is 401 g/mol. The minimum absolute atomic E-state index is 0.0428. The van der Waals surface area contributed by atoms with Gasteiger partial charge in [-0.05, 0) is 31.7 Å². The first-order valence-corrected chi connectivity index (χ1v) is 9.79. The highest BCUT2D eigenvalue weighted by Gasteiger charge is 2.33. The Balaban J connectivity index is 1.40. The molecule has 3 N–H and O–H groups in total. The van der Waals surface area contributed by atoms with Crippen LogP contribution in [0.5, 0.6) is 5.88 Å². The molecule has 3 rings (SSSR count). The number of aryl methyl sites for hydroxylation is 1. The zero-order valence-electron chi connectivity index (χ0n) is 16.5. The summed E-state index contributed by atoms with van der Waals surface area (Å²) in [5.41, 5.74) is 0.399. The maximum atomic E-state index is 12.4. The van der Waals surface area contributed by atoms with Crippen LogP contribution >= 0.6 is 0 Å². The number of hydrogen-bond acceptors (Lipinski definition) is 6. The summed E-state index contributed by atoms with van der Waals surface area (Å²) in [6.07, 6.45) is 8.34. The van der Waals surface area contributed by atoms with Crippen molar-refractivity contribution in [2.24, 2.45) is 5.92 Å². The number of rotatable bonds is 8. The smallest absolute Gasteiger partial charge is 0.253 e. The van der Waals surface area contributed by atoms with Gasteiger partial charge in [0.15, 0.2) is 0 Å². The molecule has 1 fully saturated rings. The molecule has 29 heavy (non-hydrogen) atoms. The second-order valence-electron chi connectivity index (χ2n) is 7.19. The van der Waals surface area contributed by atoms with E-state index in [1.54, 1.807) is 24.7 Å². The third-order valence-corrected chi connectivity index (χ3v) is 5.16. The fourth-order valence-electron chi connectivity index (χ4n) is 3.48. The van der Waals surface area contributed by atoms with Crippen LogP contribution in [0.4, 0.5) is 0 Å². The molecule has 9 nitrogen and oxygen atoms in total. The Morgan fingerprint density at radius 3 is 2.86 bits per heavy atom. The minimum Gasteiger partial charge on any atom is -0.481 e. The van der Waals surface area contributed by atoms with Crippen LogP contribution < -0.4 is 15.4 Å². The van der Waals surface area contributed by atoms with Gasteiger partial charge in [0.05, 0.1) is 31.1 Å². The van der Waals surface area contributed by atoms with Gasteiger partial charge in [0.25, 0.3) is 5.91 Å². The molecule has 1 saturated carbocycles. The SMILES string of the molecule is COc1ccc(C(=O)NC2CCC(C(=O)NCCCn3ccnc3)CC2O)cn1. The van der Waals surface area contributed by atoms with E-state index < -0.39 is 6.10 Å². The molecule has 0 aromatic carbocycles. The Bertz CT molecular complexity index is 794. The highest BCUT2D eigenvalue weighted by molar-refractivity contribution is 5.94. The number of pyridine rings is 1. The topological polar surface area (TPSA) is 118 Å². The molecule has 2 aromatic heterocycles. The molecule has 3 unspecified atom stereocenters. The summed E-state index contributed by atoms with van der Waals surface area (Å²) < 4.78 is 6.94. The molecule has 3 atom stereocenters. The highest BCUT2D eigenvalue weighted by Crippen LogP contribution is 2.25. The van der Waals surface area contributed by atoms with Crippen molar-refractivity contribution in [2.75, 3.05) is 13.7 Å². The summed E-state index contributed by atoms with van der Waals surface area (Å²) in [7, 11) is 1.51. The summed E-state index contributed by atoms with van der Waals surface area (Å²) in [6.45, 7) is 1.37. The number of carbonyl (C=O) groups is 2. The van der Waals surface area contributed by atoms with Crippen LogP contribution in [0.25, 0.3) is 0 Å². The number of aliphatic hydroxyl groups is 1. The van der Waals surface area contributed by atoms with E-state index in [4.69, 9.17) is 4.74 Å². The zero-order chi connectivity index (χ0) is 20.6. The van der Waals surface area contributed by atoms with Crippen LogP contribution in [0.3, 0.4) is 0 Å². The molecule has 0 bridgehead atoms. The zero-order valence-corrected chi connectivity index (χ0v) is 16.5. The number of amides is 2. The molecule has 1 aliphatic rings. The third-order valence-electron chi connectivity index (χ3n) is 5.16. The quantitative estimate of drug-likeness (QED) is 0.562. The van der Waals surface area contributed by atoms with Crippen LogP contribution in [-0.4, -0.2) is 57.3 Å². The number of ether oxygens (including phenoxy) is 1. The van der Waals surface area contributed by atoms with Gasteiger partial charge in [-0.2, -0.15) is 0 Å². The van der Waals surface area contributed by atoms with Crippen LogP contribution in [-0.2, 0) is 11.3 Å². The van der Waals surface area contributed by atoms with Crippen LogP contribution in [0.15, 0.2) is 37.1 Å². The van der Waals surface area contributed by atoms with Gasteiger partial charge in [-0.25, -0.2) is 9.97 Å². The fourth-order valence-corrected chi connectivity index (χ4v) is 3.48. The molecule has 0 aliphatic heterocycles. The predicted molar refractivity (Wildman–Crippen MR) is 105 cm³/mol. The number of methoxy groups -OCH3 is 1. The van der Waals surface area contributed by atoms with Gasteiger partial charge in [-0.15, -0.1) is 0 Å². The molecule has 0 radical (unpaired) electrons. The molecule has 0 spiro atoms. The first kappa shape index (κ1) is 20.8. The molecular weight excluding hydrogens is 374 g/mol. The number of imidazole rings is 1. The van der Waals surface area contributed by atoms with Crippen molar-refractivity contribution in [2.45, 2.75) is 44.4 Å². The van der Waals surface area contributed by atoms with E-state index in [1.165, 1.54) is 13.3 Å². The van der Waals surface area contributed by atoms with Gasteiger partial charge in [-0.1, -0.05) is 0 Å². The fraction of sp³-hybridized carbons (Fsp3) is 0.500. The summed E-state index contributed by atoms with van der Waals surface area (Å²) >= 11 is 0. The van der Waals surface area contributed by atoms with Gasteiger partial charge in [0, 0.05) is 43.7 Å². The van der Waals surface area contributed by atoms with Gasteiger partial charge in [-0.3, -0.25) is 9.59 Å². The third kappa shape index (κ3) is 5.77. The largest absolute Gasteiger partial charge is 0.481 e. The summed E-state index contributed by atoms with van der Waals surface area (Å²) in [4.78, 5) is 32.7. The number of nitrogens with one attached hydrogen (secondary N) is 2. The summed E-state index contributed by atoms with van der Waals surface area (Å²) in [6, 6.07) is 2.85.